The highest BCUT2D eigenvalue weighted by molar-refractivity contribution is 14.1. The number of hydrogen-bond acceptors (Lipinski definition) is 12. The van der Waals surface area contributed by atoms with Crippen LogP contribution in [0, 0.1) is 7.14 Å². The fourth-order valence-corrected chi connectivity index (χ4v) is 5.80. The van der Waals surface area contributed by atoms with Crippen LogP contribution in [0.2, 0.25) is 0 Å². The zero-order chi connectivity index (χ0) is 38.1. The minimum atomic E-state index is -4.70. The van der Waals surface area contributed by atoms with E-state index in [0.29, 0.717) is 0 Å². The maximum absolute atomic E-state index is 13.4. The van der Waals surface area contributed by atoms with Crippen molar-refractivity contribution in [2.45, 2.75) is 84.5 Å². The van der Waals surface area contributed by atoms with Crippen molar-refractivity contribution >= 4 is 72.9 Å². The van der Waals surface area contributed by atoms with E-state index < -0.39 is 97.7 Å². The fraction of sp³-hybridized carbons (Fsp3) is 0.571. The Morgan fingerprint density at radius 3 is 1.40 bits per heavy atom. The molecule has 0 aliphatic carbocycles. The van der Waals surface area contributed by atoms with Gasteiger partial charge in [0.05, 0.1) is 19.3 Å². The zero-order valence-electron chi connectivity index (χ0n) is 25.1. The Morgan fingerprint density at radius 1 is 0.660 bits per heavy atom. The van der Waals surface area contributed by atoms with Crippen molar-refractivity contribution < 1.29 is 76.7 Å². The van der Waals surface area contributed by atoms with Crippen molar-refractivity contribution in [3.05, 3.63) is 66.8 Å². The Balaban J connectivity index is 0.000000283. The van der Waals surface area contributed by atoms with Gasteiger partial charge in [0.25, 0.3) is 0 Å². The van der Waals surface area contributed by atoms with E-state index in [1.54, 1.807) is 12.1 Å². The third kappa shape index (κ3) is 13.0. The molecule has 12 nitrogen and oxygen atoms in total. The second-order valence-corrected chi connectivity index (χ2v) is 14.4. The van der Waals surface area contributed by atoms with E-state index in [9.17, 15) is 57.0 Å². The minimum absolute atomic E-state index is 0.110. The Bertz CT molecular complexity index is 1300. The number of alkyl halides is 7. The van der Waals surface area contributed by atoms with Crippen LogP contribution in [-0.2, 0) is 9.47 Å². The monoisotopic (exact) mass is 1040 g/mol. The number of hydrogen-bond donors (Lipinski definition) is 10. The van der Waals surface area contributed by atoms with E-state index in [2.05, 4.69) is 26.1 Å². The molecule has 2 fully saturated rings. The molecular weight excluding hydrogens is 1010 g/mol. The van der Waals surface area contributed by atoms with Crippen molar-refractivity contribution in [1.29, 1.82) is 0 Å². The number of rotatable bonds is 7. The molecule has 0 bridgehead atoms. The normalized spacial score (nSPS) is 31.4. The fourth-order valence-electron chi connectivity index (χ4n) is 4.54. The number of ether oxygens (including phenoxy) is 2. The number of aliphatic hydroxyl groups is 8. The summed E-state index contributed by atoms with van der Waals surface area (Å²) >= 11 is 11.8. The summed E-state index contributed by atoms with van der Waals surface area (Å²) in [6.45, 7) is -1.17. The van der Waals surface area contributed by atoms with Crippen LogP contribution in [0.3, 0.4) is 0 Å². The molecule has 0 amide bonds. The predicted molar refractivity (Wildman–Crippen MR) is 184 cm³/mol. The molecule has 12 atom stereocenters. The summed E-state index contributed by atoms with van der Waals surface area (Å²) in [5.41, 5.74) is 0.119. The van der Waals surface area contributed by atoms with Crippen LogP contribution in [0.25, 0.3) is 0 Å². The number of halogens is 10. The van der Waals surface area contributed by atoms with Crippen molar-refractivity contribution in [2.24, 2.45) is 0 Å². The highest BCUT2D eigenvalue weighted by Gasteiger charge is 2.49. The van der Waals surface area contributed by atoms with Gasteiger partial charge in [0, 0.05) is 7.14 Å². The smallest absolute Gasteiger partial charge is 0.394 e. The molecule has 0 radical (unpaired) electrons. The summed E-state index contributed by atoms with van der Waals surface area (Å²) in [4.78, 5) is 0.512. The highest BCUT2D eigenvalue weighted by Crippen LogP contribution is 2.39. The lowest BCUT2D eigenvalue weighted by molar-refractivity contribution is -0.261. The molecule has 4 unspecified atom stereocenters. The zero-order valence-corrected chi connectivity index (χ0v) is 31.8. The Hall–Kier alpha value is -0.230. The van der Waals surface area contributed by atoms with Crippen LogP contribution in [0.4, 0.5) is 26.3 Å². The summed E-state index contributed by atoms with van der Waals surface area (Å²) in [7, 11) is 0. The average Bonchev–Trinajstić information content (AvgIpc) is 3.05. The van der Waals surface area contributed by atoms with E-state index in [4.69, 9.17) is 31.5 Å². The number of benzene rings is 2. The molecule has 2 aliphatic heterocycles. The minimum Gasteiger partial charge on any atom is -0.394 e. The first-order valence-electron chi connectivity index (χ1n) is 14.2. The molecule has 50 heavy (non-hydrogen) atoms. The van der Waals surface area contributed by atoms with Crippen molar-refractivity contribution in [1.82, 2.24) is 10.2 Å². The van der Waals surface area contributed by atoms with E-state index in [0.717, 1.165) is 7.14 Å². The van der Waals surface area contributed by atoms with E-state index >= 15 is 0 Å². The Morgan fingerprint density at radius 2 is 1.04 bits per heavy atom. The molecule has 0 aromatic heterocycles. The second-order valence-electron chi connectivity index (χ2n) is 10.8. The molecule has 0 spiro atoms. The van der Waals surface area contributed by atoms with Crippen molar-refractivity contribution in [3.8, 4) is 0 Å². The number of nitrogens with one attached hydrogen (secondary N) is 2. The van der Waals surface area contributed by atoms with Gasteiger partial charge in [-0.15, -0.1) is 0 Å². The van der Waals surface area contributed by atoms with Crippen LogP contribution in [0.1, 0.15) is 22.0 Å². The molecule has 2 aromatic carbocycles. The van der Waals surface area contributed by atoms with Crippen molar-refractivity contribution in [2.75, 3.05) is 13.2 Å². The summed E-state index contributed by atoms with van der Waals surface area (Å²) in [5.74, 6) is 0. The highest BCUT2D eigenvalue weighted by atomic mass is 127. The van der Waals surface area contributed by atoms with Crippen LogP contribution in [0.5, 0.6) is 0 Å². The Kier molecular flexibility index (Phi) is 18.8. The van der Waals surface area contributed by atoms with Gasteiger partial charge in [0.15, 0.2) is 12.6 Å². The maximum Gasteiger partial charge on any atom is 0.407 e. The first kappa shape index (κ1) is 45.9. The van der Waals surface area contributed by atoms with Gasteiger partial charge < -0.3 is 50.3 Å². The lowest BCUT2D eigenvalue weighted by atomic mass is 9.95. The quantitative estimate of drug-likeness (QED) is 0.0840. The molecule has 286 valence electrons. The van der Waals surface area contributed by atoms with Crippen molar-refractivity contribution in [3.63, 3.8) is 0 Å². The summed E-state index contributed by atoms with van der Waals surface area (Å²) < 4.78 is 88.0. The predicted octanol–water partition coefficient (Wildman–Crippen LogP) is 2.10. The van der Waals surface area contributed by atoms with E-state index in [-0.39, 0.29) is 11.1 Å². The molecule has 22 heteroatoms. The van der Waals surface area contributed by atoms with Gasteiger partial charge in [-0.2, -0.15) is 26.3 Å². The standard InChI is InChI=1S/C14H17F3INO5.C8H5BrF3I.C6H12ClNO5/c15-14(16,17)12(6-1-3-7(18)4-2-6)19-9-11(22)10(21)8(5-20)24-13(9)23;9-7(8(10,11)12)5-1-3-6(13)4-2-5;7-8-3-5(11)4(10)2(1-9)13-6(3)12/h1-4,8-13,19-23H,5H2;1-4,7H;2-6,8-12H,1H2/t8-,9-,10-,11-,12?,13?;;2-,3-,4-,5-,6?/m1.1/s1. The molecule has 4 rings (SSSR count). The van der Waals surface area contributed by atoms with Gasteiger partial charge >= 0.3 is 12.4 Å². The summed E-state index contributed by atoms with van der Waals surface area (Å²) in [5, 5.41) is 77.3. The van der Waals surface area contributed by atoms with Gasteiger partial charge in [-0.05, 0) is 92.4 Å². The van der Waals surface area contributed by atoms with Gasteiger partial charge in [0.2, 0.25) is 0 Å². The molecule has 2 aliphatic rings. The SMILES string of the molecule is FC(F)(F)C(Br)c1ccc(I)cc1.OC[C@H]1OC(O)[C@H](NC(c2ccc(I)cc2)C(F)(F)F)[C@@H](O)[C@@H]1O.OC[C@H]1OC(O)[C@H](NCl)[C@@H](O)[C@@H]1O. The molecule has 2 aromatic rings. The van der Waals surface area contributed by atoms with Crippen LogP contribution in [-0.4, -0.2) is 128 Å². The van der Waals surface area contributed by atoms with Gasteiger partial charge in [-0.25, -0.2) is 4.84 Å². The van der Waals surface area contributed by atoms with E-state index in [1.807, 2.05) is 45.2 Å². The summed E-state index contributed by atoms with van der Waals surface area (Å²) in [6.07, 6.45) is -20.3. The molecule has 10 N–H and O–H groups in total. The van der Waals surface area contributed by atoms with Crippen LogP contribution >= 0.6 is 72.9 Å². The third-order valence-corrected chi connectivity index (χ3v) is 10.0. The molecule has 2 saturated heterocycles. The largest absolute Gasteiger partial charge is 0.407 e. The van der Waals surface area contributed by atoms with E-state index in [1.165, 1.54) is 36.4 Å². The summed E-state index contributed by atoms with van der Waals surface area (Å²) in [6, 6.07) is 7.05. The van der Waals surface area contributed by atoms with Gasteiger partial charge in [-0.1, -0.05) is 40.2 Å². The average molecular weight is 1040 g/mol. The maximum atomic E-state index is 13.4. The molecular formula is C28H34BrClF6I2N2O10. The Labute approximate surface area is 322 Å². The lowest BCUT2D eigenvalue weighted by Crippen LogP contribution is -2.64. The van der Waals surface area contributed by atoms with Gasteiger partial charge in [0.1, 0.15) is 53.5 Å². The molecule has 0 saturated carbocycles. The van der Waals surface area contributed by atoms with Gasteiger partial charge in [-0.3, -0.25) is 5.32 Å². The lowest BCUT2D eigenvalue weighted by Gasteiger charge is -2.42. The van der Waals surface area contributed by atoms with Crippen LogP contribution in [0.15, 0.2) is 48.5 Å². The first-order valence-corrected chi connectivity index (χ1v) is 17.6. The topological polar surface area (TPSA) is 204 Å². The second kappa shape index (κ2) is 20.5. The first-order chi connectivity index (χ1) is 23.2. The van der Waals surface area contributed by atoms with Crippen LogP contribution < -0.4 is 10.2 Å². The number of aliphatic hydroxyl groups excluding tert-OH is 8. The molecule has 2 heterocycles. The third-order valence-electron chi connectivity index (χ3n) is 7.27.